The van der Waals surface area contributed by atoms with E-state index in [0.29, 0.717) is 11.7 Å². The van der Waals surface area contributed by atoms with E-state index in [2.05, 4.69) is 10.3 Å². The molecule has 1 saturated carbocycles. The Hall–Kier alpha value is -1.03. The van der Waals surface area contributed by atoms with Gasteiger partial charge in [-0.05, 0) is 45.4 Å². The Morgan fingerprint density at radius 3 is 2.68 bits per heavy atom. The minimum atomic E-state index is -0.232. The van der Waals surface area contributed by atoms with Crippen molar-refractivity contribution >= 4 is 17.4 Å². The predicted molar refractivity (Wildman–Crippen MR) is 79.0 cm³/mol. The molecule has 0 spiro atoms. The van der Waals surface area contributed by atoms with E-state index in [9.17, 15) is 4.79 Å². The second-order valence-corrected chi connectivity index (χ2v) is 6.79. The molecule has 0 saturated heterocycles. The maximum atomic E-state index is 12.3. The highest BCUT2D eigenvalue weighted by molar-refractivity contribution is 6.17. The van der Waals surface area contributed by atoms with Crippen molar-refractivity contribution in [2.45, 2.75) is 45.6 Å². The Morgan fingerprint density at radius 1 is 1.47 bits per heavy atom. The summed E-state index contributed by atoms with van der Waals surface area (Å²) in [6, 6.07) is 0. The van der Waals surface area contributed by atoms with E-state index in [1.54, 1.807) is 17.0 Å². The fourth-order valence-corrected chi connectivity index (χ4v) is 2.63. The lowest BCUT2D eigenvalue weighted by Crippen LogP contribution is -2.35. The van der Waals surface area contributed by atoms with Gasteiger partial charge in [0.05, 0.1) is 0 Å². The third-order valence-electron chi connectivity index (χ3n) is 3.78. The third-order valence-corrected chi connectivity index (χ3v) is 3.97. The first kappa shape index (κ1) is 14.4. The van der Waals surface area contributed by atoms with Gasteiger partial charge >= 0.3 is 0 Å². The highest BCUT2D eigenvalue weighted by Crippen LogP contribution is 2.48. The van der Waals surface area contributed by atoms with E-state index in [1.165, 1.54) is 12.8 Å². The van der Waals surface area contributed by atoms with Crippen molar-refractivity contribution < 1.29 is 0 Å². The van der Waals surface area contributed by atoms with Crippen LogP contribution in [0.15, 0.2) is 17.2 Å². The van der Waals surface area contributed by atoms with Crippen LogP contribution in [-0.2, 0) is 5.54 Å². The van der Waals surface area contributed by atoms with Gasteiger partial charge in [-0.3, -0.25) is 4.79 Å². The zero-order valence-electron chi connectivity index (χ0n) is 11.9. The fraction of sp³-hybridized carbons (Fsp3) is 0.714. The molecule has 1 aliphatic carbocycles. The highest BCUT2D eigenvalue weighted by Gasteiger charge is 2.41. The Kier molecular flexibility index (Phi) is 3.90. The lowest BCUT2D eigenvalue weighted by molar-refractivity contribution is 0.383. The van der Waals surface area contributed by atoms with Gasteiger partial charge in [0.15, 0.2) is 5.82 Å². The molecule has 4 nitrogen and oxygen atoms in total. The van der Waals surface area contributed by atoms with Gasteiger partial charge in [0, 0.05) is 30.4 Å². The van der Waals surface area contributed by atoms with Crippen LogP contribution < -0.4 is 10.9 Å². The summed E-state index contributed by atoms with van der Waals surface area (Å²) in [6.45, 7) is 6.81. The molecule has 0 atom stereocenters. The summed E-state index contributed by atoms with van der Waals surface area (Å²) in [4.78, 5) is 16.5. The Balaban J connectivity index is 2.12. The first-order valence-electron chi connectivity index (χ1n) is 6.76. The zero-order valence-corrected chi connectivity index (χ0v) is 12.6. The van der Waals surface area contributed by atoms with Crippen LogP contribution >= 0.6 is 11.6 Å². The van der Waals surface area contributed by atoms with Crippen molar-refractivity contribution in [3.8, 4) is 0 Å². The number of anilines is 1. The summed E-state index contributed by atoms with van der Waals surface area (Å²) in [5.41, 5.74) is -0.000963. The average molecular weight is 284 g/mol. The van der Waals surface area contributed by atoms with Gasteiger partial charge in [-0.2, -0.15) is 0 Å². The number of alkyl halides is 1. The van der Waals surface area contributed by atoms with Crippen LogP contribution in [-0.4, -0.2) is 22.0 Å². The predicted octanol–water partition coefficient (Wildman–Crippen LogP) is 2.82. The maximum Gasteiger partial charge on any atom is 0.293 e. The van der Waals surface area contributed by atoms with Gasteiger partial charge < -0.3 is 9.88 Å². The van der Waals surface area contributed by atoms with E-state index in [4.69, 9.17) is 11.6 Å². The SMILES string of the molecule is CC(C)(C)n1ccnc(NCC2(CCCl)CC2)c1=O. The molecule has 1 aromatic heterocycles. The lowest BCUT2D eigenvalue weighted by atomic mass is 10.0. The van der Waals surface area contributed by atoms with Gasteiger partial charge in [0.1, 0.15) is 0 Å². The highest BCUT2D eigenvalue weighted by atomic mass is 35.5. The molecule has 106 valence electrons. The standard InChI is InChI=1S/C14H22ClN3O/c1-13(2,3)18-9-8-16-11(12(18)19)17-10-14(4-5-14)6-7-15/h8-9H,4-7,10H2,1-3H3,(H,16,17). The molecule has 1 aromatic rings. The molecular weight excluding hydrogens is 262 g/mol. The summed E-state index contributed by atoms with van der Waals surface area (Å²) >= 11 is 5.81. The quantitative estimate of drug-likeness (QED) is 0.845. The van der Waals surface area contributed by atoms with Crippen LogP contribution in [0, 0.1) is 5.41 Å². The van der Waals surface area contributed by atoms with E-state index >= 15 is 0 Å². The van der Waals surface area contributed by atoms with Crippen molar-refractivity contribution in [3.05, 3.63) is 22.7 Å². The van der Waals surface area contributed by atoms with Crippen LogP contribution in [0.25, 0.3) is 0 Å². The number of hydrogen-bond acceptors (Lipinski definition) is 3. The van der Waals surface area contributed by atoms with Crippen LogP contribution in [0.1, 0.15) is 40.0 Å². The smallest absolute Gasteiger partial charge is 0.293 e. The Labute approximate surface area is 119 Å². The van der Waals surface area contributed by atoms with Gasteiger partial charge in [-0.25, -0.2) is 4.98 Å². The van der Waals surface area contributed by atoms with E-state index < -0.39 is 0 Å². The zero-order chi connectivity index (χ0) is 14.1. The summed E-state index contributed by atoms with van der Waals surface area (Å²) in [7, 11) is 0. The minimum absolute atomic E-state index is 0.0586. The molecule has 0 bridgehead atoms. The normalized spacial score (nSPS) is 17.3. The monoisotopic (exact) mass is 283 g/mol. The Morgan fingerprint density at radius 2 is 2.16 bits per heavy atom. The lowest BCUT2D eigenvalue weighted by Gasteiger charge is -2.23. The molecule has 0 amide bonds. The van der Waals surface area contributed by atoms with E-state index in [1.807, 2.05) is 20.8 Å². The van der Waals surface area contributed by atoms with Crippen molar-refractivity contribution in [2.24, 2.45) is 5.41 Å². The molecule has 5 heteroatoms. The number of nitrogens with one attached hydrogen (secondary N) is 1. The molecule has 0 unspecified atom stereocenters. The molecule has 0 aromatic carbocycles. The summed E-state index contributed by atoms with van der Waals surface area (Å²) in [5.74, 6) is 1.12. The van der Waals surface area contributed by atoms with E-state index in [0.717, 1.165) is 13.0 Å². The first-order chi connectivity index (χ1) is 8.88. The molecular formula is C14H22ClN3O. The van der Waals surface area contributed by atoms with Crippen molar-refractivity contribution in [2.75, 3.05) is 17.7 Å². The number of rotatable bonds is 5. The molecule has 1 heterocycles. The van der Waals surface area contributed by atoms with Crippen LogP contribution in [0.4, 0.5) is 5.82 Å². The van der Waals surface area contributed by atoms with Crippen LogP contribution in [0.3, 0.4) is 0 Å². The Bertz CT molecular complexity index is 500. The second-order valence-electron chi connectivity index (χ2n) is 6.41. The summed E-state index contributed by atoms with van der Waals surface area (Å²) < 4.78 is 1.71. The number of halogens is 1. The third kappa shape index (κ3) is 3.30. The van der Waals surface area contributed by atoms with Crippen LogP contribution in [0.2, 0.25) is 0 Å². The van der Waals surface area contributed by atoms with Gasteiger partial charge in [0.25, 0.3) is 5.56 Å². The molecule has 1 aliphatic rings. The first-order valence-corrected chi connectivity index (χ1v) is 7.29. The fourth-order valence-electron chi connectivity index (χ4n) is 2.22. The van der Waals surface area contributed by atoms with Crippen molar-refractivity contribution in [3.63, 3.8) is 0 Å². The molecule has 0 radical (unpaired) electrons. The largest absolute Gasteiger partial charge is 0.365 e. The molecule has 19 heavy (non-hydrogen) atoms. The molecule has 2 rings (SSSR count). The van der Waals surface area contributed by atoms with Gasteiger partial charge in [-0.15, -0.1) is 11.6 Å². The molecule has 0 aliphatic heterocycles. The second kappa shape index (κ2) is 5.16. The van der Waals surface area contributed by atoms with Crippen molar-refractivity contribution in [1.29, 1.82) is 0 Å². The summed E-state index contributed by atoms with van der Waals surface area (Å²) in [5, 5.41) is 3.21. The number of hydrogen-bond donors (Lipinski definition) is 1. The van der Waals surface area contributed by atoms with E-state index in [-0.39, 0.29) is 16.5 Å². The van der Waals surface area contributed by atoms with Crippen molar-refractivity contribution in [1.82, 2.24) is 9.55 Å². The summed E-state index contributed by atoms with van der Waals surface area (Å²) in [6.07, 6.45) is 6.79. The topological polar surface area (TPSA) is 46.9 Å². The molecule has 1 fully saturated rings. The van der Waals surface area contributed by atoms with Crippen LogP contribution in [0.5, 0.6) is 0 Å². The van der Waals surface area contributed by atoms with Gasteiger partial charge in [0.2, 0.25) is 0 Å². The van der Waals surface area contributed by atoms with Gasteiger partial charge in [-0.1, -0.05) is 0 Å². The molecule has 1 N–H and O–H groups in total. The average Bonchev–Trinajstić information content (AvgIpc) is 3.07. The number of aromatic nitrogens is 2. The minimum Gasteiger partial charge on any atom is -0.365 e. The maximum absolute atomic E-state index is 12.3. The number of nitrogens with zero attached hydrogens (tertiary/aromatic N) is 2.